The van der Waals surface area contributed by atoms with E-state index in [1.54, 1.807) is 6.92 Å². The average molecular weight is 117 g/mol. The molecule has 0 aromatic rings. The second-order valence-corrected chi connectivity index (χ2v) is 0.333. The van der Waals surface area contributed by atoms with Gasteiger partial charge in [-0.15, -0.1) is 0 Å². The molecule has 0 spiro atoms. The summed E-state index contributed by atoms with van der Waals surface area (Å²) in [4.78, 5) is 0. The van der Waals surface area contributed by atoms with E-state index in [-0.39, 0.29) is 32.7 Å². The van der Waals surface area contributed by atoms with Gasteiger partial charge in [0, 0.05) is 32.7 Å². The van der Waals surface area contributed by atoms with E-state index in [1.165, 1.54) is 6.08 Å². The van der Waals surface area contributed by atoms with Crippen LogP contribution in [-0.2, 0) is 21.7 Å². The van der Waals surface area contributed by atoms with Crippen molar-refractivity contribution in [3.63, 3.8) is 0 Å². The quantitative estimate of drug-likeness (QED) is 0.322. The Morgan fingerprint density at radius 1 is 1.60 bits per heavy atom. The van der Waals surface area contributed by atoms with Crippen LogP contribution in [0.4, 0.5) is 0 Å². The van der Waals surface area contributed by atoms with Gasteiger partial charge in [0.15, 0.2) is 0 Å². The zero-order valence-corrected chi connectivity index (χ0v) is 5.72. The molecule has 0 heterocycles. The zero-order valence-electron chi connectivity index (χ0n) is 3.15. The molecule has 0 amide bonds. The minimum absolute atomic E-state index is 0. The van der Waals surface area contributed by atoms with E-state index in [4.69, 9.17) is 6.58 Å². The molecule has 0 aromatic carbocycles. The van der Waals surface area contributed by atoms with Crippen molar-refractivity contribution in [2.75, 3.05) is 0 Å². The Bertz CT molecular complexity index is 14.4. The van der Waals surface area contributed by atoms with Gasteiger partial charge < -0.3 is 6.58 Å². The van der Waals surface area contributed by atoms with Crippen LogP contribution < -0.4 is 0 Å². The van der Waals surface area contributed by atoms with Gasteiger partial charge >= 0.3 is 0 Å². The predicted molar refractivity (Wildman–Crippen MR) is 20.3 cm³/mol. The minimum atomic E-state index is 0. The second kappa shape index (κ2) is 22.5. The summed E-state index contributed by atoms with van der Waals surface area (Å²) in [5, 5.41) is 0. The first-order valence-electron chi connectivity index (χ1n) is 0.911. The summed E-state index contributed by atoms with van der Waals surface area (Å²) >= 11 is 0. The van der Waals surface area contributed by atoms with Gasteiger partial charge in [-0.25, -0.2) is 0 Å². The van der Waals surface area contributed by atoms with Gasteiger partial charge in [0.25, 0.3) is 0 Å². The van der Waals surface area contributed by atoms with Crippen LogP contribution in [-0.4, -0.2) is 11.0 Å². The molecule has 0 aromatic heterocycles. The number of hydrogen-bond acceptors (Lipinski definition) is 0. The van der Waals surface area contributed by atoms with E-state index in [9.17, 15) is 0 Å². The Hall–Kier alpha value is 0.671. The van der Waals surface area contributed by atoms with Gasteiger partial charge in [-0.2, -0.15) is 0 Å². The van der Waals surface area contributed by atoms with Crippen molar-refractivity contribution in [3.8, 4) is 0 Å². The van der Waals surface area contributed by atoms with E-state index in [2.05, 4.69) is 0 Å². The van der Waals surface area contributed by atoms with Crippen LogP contribution in [0.15, 0.2) is 6.08 Å². The Morgan fingerprint density at radius 2 is 1.60 bits per heavy atom. The van der Waals surface area contributed by atoms with Crippen LogP contribution in [0.3, 0.4) is 0 Å². The molecule has 0 atom stereocenters. The normalized spacial score (nSPS) is 2.60. The molecule has 0 saturated heterocycles. The molecule has 5 heavy (non-hydrogen) atoms. The third-order valence-electron chi connectivity index (χ3n) is 0. The SMILES string of the molecule is [CH-]=CC.[Si].[Ti]. The molecular weight excluding hydrogens is 112 g/mol. The third kappa shape index (κ3) is 74.0. The number of allylic oxidation sites excluding steroid dienone is 1. The fourth-order valence-electron chi connectivity index (χ4n) is 0. The van der Waals surface area contributed by atoms with Gasteiger partial charge in [-0.3, -0.25) is 6.08 Å². The summed E-state index contributed by atoms with van der Waals surface area (Å²) in [6.45, 7) is 6.50. The first-order valence-corrected chi connectivity index (χ1v) is 0.911. The molecule has 0 aliphatic heterocycles. The molecule has 4 radical (unpaired) electrons. The number of rotatable bonds is 0. The monoisotopic (exact) mass is 117 g/mol. The molecule has 26 valence electrons. The van der Waals surface area contributed by atoms with E-state index in [0.717, 1.165) is 0 Å². The molecular formula is C3H5SiTi-. The standard InChI is InChI=1S/C3H5.Si.Ti/c1-3-2;;/h1,3H,2H3;;/q-1;;. The summed E-state index contributed by atoms with van der Waals surface area (Å²) in [7, 11) is 0. The Morgan fingerprint density at radius 3 is 1.60 bits per heavy atom. The van der Waals surface area contributed by atoms with Gasteiger partial charge in [0.2, 0.25) is 0 Å². The maximum Gasteiger partial charge on any atom is 0 e. The molecule has 0 N–H and O–H groups in total. The number of hydrogen-bond donors (Lipinski definition) is 0. The van der Waals surface area contributed by atoms with Gasteiger partial charge in [0.1, 0.15) is 0 Å². The van der Waals surface area contributed by atoms with Gasteiger partial charge in [-0.1, -0.05) is 6.92 Å². The van der Waals surface area contributed by atoms with E-state index in [0.29, 0.717) is 0 Å². The molecule has 0 fully saturated rings. The van der Waals surface area contributed by atoms with Crippen molar-refractivity contribution in [2.45, 2.75) is 6.92 Å². The van der Waals surface area contributed by atoms with E-state index >= 15 is 0 Å². The van der Waals surface area contributed by atoms with Crippen molar-refractivity contribution in [1.29, 1.82) is 0 Å². The first kappa shape index (κ1) is 17.3. The fourth-order valence-corrected chi connectivity index (χ4v) is 0. The molecule has 0 unspecified atom stereocenters. The smallest absolute Gasteiger partial charge is 0 e. The Balaban J connectivity index is -0.0000000200. The molecule has 0 bridgehead atoms. The summed E-state index contributed by atoms with van der Waals surface area (Å²) in [5.74, 6) is 0. The fraction of sp³-hybridized carbons (Fsp3) is 0.333. The van der Waals surface area contributed by atoms with Crippen LogP contribution in [0.1, 0.15) is 6.92 Å². The minimum Gasteiger partial charge on any atom is -0.518 e. The summed E-state index contributed by atoms with van der Waals surface area (Å²) < 4.78 is 0. The molecule has 0 nitrogen and oxygen atoms in total. The maximum absolute atomic E-state index is 4.72. The Kier molecular flexibility index (Phi) is 78.2. The molecule has 0 rings (SSSR count). The van der Waals surface area contributed by atoms with Gasteiger partial charge in [0.05, 0.1) is 0 Å². The molecule has 0 aliphatic carbocycles. The van der Waals surface area contributed by atoms with Crippen molar-refractivity contribution in [2.24, 2.45) is 0 Å². The second-order valence-electron chi connectivity index (χ2n) is 0.333. The Labute approximate surface area is 52.6 Å². The van der Waals surface area contributed by atoms with E-state index in [1.807, 2.05) is 0 Å². The zero-order chi connectivity index (χ0) is 2.71. The average Bonchev–Trinajstić information content (AvgIpc) is 0.918. The topological polar surface area (TPSA) is 0 Å². The largest absolute Gasteiger partial charge is 0.518 e. The van der Waals surface area contributed by atoms with Crippen LogP contribution in [0.5, 0.6) is 0 Å². The van der Waals surface area contributed by atoms with Crippen molar-refractivity contribution >= 4 is 11.0 Å². The summed E-state index contributed by atoms with van der Waals surface area (Å²) in [5.41, 5.74) is 0. The summed E-state index contributed by atoms with van der Waals surface area (Å²) in [6.07, 6.45) is 1.50. The molecule has 2 heteroatoms. The first-order chi connectivity index (χ1) is 1.41. The third-order valence-corrected chi connectivity index (χ3v) is 0. The summed E-state index contributed by atoms with van der Waals surface area (Å²) in [6, 6.07) is 0. The van der Waals surface area contributed by atoms with Crippen molar-refractivity contribution < 1.29 is 21.7 Å². The van der Waals surface area contributed by atoms with Crippen LogP contribution >= 0.6 is 0 Å². The van der Waals surface area contributed by atoms with E-state index < -0.39 is 0 Å². The van der Waals surface area contributed by atoms with Crippen LogP contribution in [0.2, 0.25) is 0 Å². The molecule has 0 aliphatic rings. The van der Waals surface area contributed by atoms with Crippen LogP contribution in [0, 0.1) is 6.58 Å². The maximum atomic E-state index is 4.72. The van der Waals surface area contributed by atoms with Crippen LogP contribution in [0.25, 0.3) is 0 Å². The molecule has 0 saturated carbocycles. The van der Waals surface area contributed by atoms with Crippen molar-refractivity contribution in [1.82, 2.24) is 0 Å². The van der Waals surface area contributed by atoms with Crippen molar-refractivity contribution in [3.05, 3.63) is 12.7 Å². The van der Waals surface area contributed by atoms with Gasteiger partial charge in [-0.05, 0) is 0 Å². The predicted octanol–water partition coefficient (Wildman–Crippen LogP) is 0.612.